The molecule has 0 aliphatic rings. The number of rotatable bonds is 3. The van der Waals surface area contributed by atoms with E-state index in [4.69, 9.17) is 11.6 Å². The normalized spacial score (nSPS) is 10.1. The van der Waals surface area contributed by atoms with Gasteiger partial charge in [0, 0.05) is 5.56 Å². The van der Waals surface area contributed by atoms with Crippen LogP contribution in [-0.2, 0) is 0 Å². The van der Waals surface area contributed by atoms with Gasteiger partial charge in [0.05, 0.1) is 5.88 Å². The predicted molar refractivity (Wildman–Crippen MR) is 66.9 cm³/mol. The molecule has 0 heterocycles. The van der Waals surface area contributed by atoms with E-state index in [9.17, 15) is 4.79 Å². The standard InChI is InChI=1S/C14H11ClO/c15-10-14(16)13-9-5-4-8-12(13)11-6-2-1-3-7-11/h1-9H,10H2. The number of Topliss-reactive ketones (excluding diaryl/α,β-unsaturated/α-hetero) is 1. The van der Waals surface area contributed by atoms with E-state index < -0.39 is 0 Å². The number of ketones is 1. The highest BCUT2D eigenvalue weighted by Crippen LogP contribution is 2.23. The second kappa shape index (κ2) is 4.95. The van der Waals surface area contributed by atoms with E-state index in [0.29, 0.717) is 5.56 Å². The van der Waals surface area contributed by atoms with Gasteiger partial charge in [-0.15, -0.1) is 11.6 Å². The summed E-state index contributed by atoms with van der Waals surface area (Å²) in [4.78, 5) is 11.7. The van der Waals surface area contributed by atoms with Gasteiger partial charge >= 0.3 is 0 Å². The molecule has 0 amide bonds. The first-order valence-electron chi connectivity index (χ1n) is 5.06. The first kappa shape index (κ1) is 10.9. The molecule has 0 unspecified atom stereocenters. The minimum atomic E-state index is -0.0406. The molecule has 0 spiro atoms. The van der Waals surface area contributed by atoms with Crippen LogP contribution in [0.25, 0.3) is 11.1 Å². The van der Waals surface area contributed by atoms with Gasteiger partial charge in [-0.2, -0.15) is 0 Å². The van der Waals surface area contributed by atoms with Crippen molar-refractivity contribution in [2.45, 2.75) is 0 Å². The largest absolute Gasteiger partial charge is 0.293 e. The van der Waals surface area contributed by atoms with Gasteiger partial charge in [-0.25, -0.2) is 0 Å². The number of benzene rings is 2. The Kier molecular flexibility index (Phi) is 3.37. The van der Waals surface area contributed by atoms with Crippen molar-refractivity contribution < 1.29 is 4.79 Å². The number of carbonyl (C=O) groups is 1. The fourth-order valence-corrected chi connectivity index (χ4v) is 1.81. The van der Waals surface area contributed by atoms with Gasteiger partial charge in [-0.1, -0.05) is 54.6 Å². The molecule has 1 nitrogen and oxygen atoms in total. The molecule has 16 heavy (non-hydrogen) atoms. The van der Waals surface area contributed by atoms with Crippen molar-refractivity contribution in [1.29, 1.82) is 0 Å². The van der Waals surface area contributed by atoms with Crippen molar-refractivity contribution in [3.8, 4) is 11.1 Å². The molecule has 80 valence electrons. The van der Waals surface area contributed by atoms with E-state index in [0.717, 1.165) is 11.1 Å². The smallest absolute Gasteiger partial charge is 0.178 e. The molecule has 2 aromatic rings. The second-order valence-electron chi connectivity index (χ2n) is 3.47. The summed E-state index contributed by atoms with van der Waals surface area (Å²) < 4.78 is 0. The van der Waals surface area contributed by atoms with Crippen LogP contribution in [0.4, 0.5) is 0 Å². The van der Waals surface area contributed by atoms with E-state index in [1.54, 1.807) is 0 Å². The summed E-state index contributed by atoms with van der Waals surface area (Å²) >= 11 is 5.60. The molecule has 0 bridgehead atoms. The predicted octanol–water partition coefficient (Wildman–Crippen LogP) is 3.78. The number of hydrogen-bond donors (Lipinski definition) is 0. The molecule has 0 N–H and O–H groups in total. The molecular weight excluding hydrogens is 220 g/mol. The van der Waals surface area contributed by atoms with Crippen LogP contribution in [-0.4, -0.2) is 11.7 Å². The third kappa shape index (κ3) is 2.15. The van der Waals surface area contributed by atoms with E-state index >= 15 is 0 Å². The Morgan fingerprint density at radius 1 is 0.938 bits per heavy atom. The van der Waals surface area contributed by atoms with Crippen molar-refractivity contribution in [3.05, 3.63) is 60.2 Å². The number of hydrogen-bond acceptors (Lipinski definition) is 1. The molecular formula is C14H11ClO. The first-order chi connectivity index (χ1) is 7.83. The van der Waals surface area contributed by atoms with Gasteiger partial charge in [-0.3, -0.25) is 4.79 Å². The molecule has 0 saturated carbocycles. The lowest BCUT2D eigenvalue weighted by Crippen LogP contribution is -2.02. The van der Waals surface area contributed by atoms with Gasteiger partial charge in [0.15, 0.2) is 5.78 Å². The van der Waals surface area contributed by atoms with E-state index in [1.165, 1.54) is 0 Å². The zero-order valence-electron chi connectivity index (χ0n) is 8.69. The molecule has 2 rings (SSSR count). The van der Waals surface area contributed by atoms with Crippen molar-refractivity contribution in [3.63, 3.8) is 0 Å². The number of halogens is 1. The SMILES string of the molecule is O=C(CCl)c1ccccc1-c1ccccc1. The lowest BCUT2D eigenvalue weighted by Gasteiger charge is -2.07. The van der Waals surface area contributed by atoms with E-state index in [1.807, 2.05) is 54.6 Å². The van der Waals surface area contributed by atoms with Crippen LogP contribution in [0, 0.1) is 0 Å². The van der Waals surface area contributed by atoms with Crippen LogP contribution in [0.2, 0.25) is 0 Å². The minimum absolute atomic E-state index is 0.0177. The van der Waals surface area contributed by atoms with Crippen LogP contribution in [0.15, 0.2) is 54.6 Å². The summed E-state index contributed by atoms with van der Waals surface area (Å²) in [5.74, 6) is -0.0229. The maximum atomic E-state index is 11.7. The summed E-state index contributed by atoms with van der Waals surface area (Å²) in [6.07, 6.45) is 0. The van der Waals surface area contributed by atoms with E-state index in [-0.39, 0.29) is 11.7 Å². The van der Waals surface area contributed by atoms with E-state index in [2.05, 4.69) is 0 Å². The quantitative estimate of drug-likeness (QED) is 0.579. The Labute approximate surface area is 99.7 Å². The monoisotopic (exact) mass is 230 g/mol. The summed E-state index contributed by atoms with van der Waals surface area (Å²) in [7, 11) is 0. The van der Waals surface area contributed by atoms with Gasteiger partial charge in [0.1, 0.15) is 0 Å². The summed E-state index contributed by atoms with van der Waals surface area (Å²) in [5.41, 5.74) is 2.66. The second-order valence-corrected chi connectivity index (χ2v) is 3.74. The van der Waals surface area contributed by atoms with Crippen LogP contribution in [0.1, 0.15) is 10.4 Å². The Morgan fingerprint density at radius 2 is 1.56 bits per heavy atom. The van der Waals surface area contributed by atoms with Gasteiger partial charge in [0.25, 0.3) is 0 Å². The Morgan fingerprint density at radius 3 is 2.25 bits per heavy atom. The average molecular weight is 231 g/mol. The summed E-state index contributed by atoms with van der Waals surface area (Å²) in [6, 6.07) is 17.4. The van der Waals surface area contributed by atoms with Crippen LogP contribution < -0.4 is 0 Å². The topological polar surface area (TPSA) is 17.1 Å². The van der Waals surface area contributed by atoms with Crippen molar-refractivity contribution in [2.75, 3.05) is 5.88 Å². The zero-order valence-corrected chi connectivity index (χ0v) is 9.45. The van der Waals surface area contributed by atoms with Gasteiger partial charge in [-0.05, 0) is 11.1 Å². The van der Waals surface area contributed by atoms with Crippen molar-refractivity contribution in [2.24, 2.45) is 0 Å². The third-order valence-electron chi connectivity index (χ3n) is 2.43. The fraction of sp³-hybridized carbons (Fsp3) is 0.0714. The van der Waals surface area contributed by atoms with Crippen LogP contribution in [0.3, 0.4) is 0 Å². The highest BCUT2D eigenvalue weighted by molar-refractivity contribution is 6.31. The minimum Gasteiger partial charge on any atom is -0.293 e. The van der Waals surface area contributed by atoms with Crippen LogP contribution in [0.5, 0.6) is 0 Å². The molecule has 0 radical (unpaired) electrons. The summed E-state index contributed by atoms with van der Waals surface area (Å²) in [6.45, 7) is 0. The number of carbonyl (C=O) groups excluding carboxylic acids is 1. The highest BCUT2D eigenvalue weighted by atomic mass is 35.5. The Balaban J connectivity index is 2.53. The summed E-state index contributed by atoms with van der Waals surface area (Å²) in [5, 5.41) is 0. The van der Waals surface area contributed by atoms with Crippen LogP contribution >= 0.6 is 11.6 Å². The molecule has 0 saturated heterocycles. The van der Waals surface area contributed by atoms with Gasteiger partial charge < -0.3 is 0 Å². The van der Waals surface area contributed by atoms with Crippen molar-refractivity contribution >= 4 is 17.4 Å². The maximum Gasteiger partial charge on any atom is 0.178 e. The molecule has 0 atom stereocenters. The van der Waals surface area contributed by atoms with Gasteiger partial charge in [0.2, 0.25) is 0 Å². The molecule has 0 fully saturated rings. The molecule has 2 aromatic carbocycles. The third-order valence-corrected chi connectivity index (χ3v) is 2.68. The molecule has 0 aliphatic heterocycles. The lowest BCUT2D eigenvalue weighted by molar-refractivity contribution is 0.102. The molecule has 0 aliphatic carbocycles. The Bertz CT molecular complexity index is 491. The molecule has 0 aromatic heterocycles. The lowest BCUT2D eigenvalue weighted by atomic mass is 9.98. The Hall–Kier alpha value is -1.60. The first-order valence-corrected chi connectivity index (χ1v) is 5.60. The average Bonchev–Trinajstić information content (AvgIpc) is 2.39. The van der Waals surface area contributed by atoms with Crippen molar-refractivity contribution in [1.82, 2.24) is 0 Å². The fourth-order valence-electron chi connectivity index (χ4n) is 1.67. The zero-order chi connectivity index (χ0) is 11.4. The molecule has 2 heteroatoms. The maximum absolute atomic E-state index is 11.7. The number of alkyl halides is 1. The highest BCUT2D eigenvalue weighted by Gasteiger charge is 2.10.